The summed E-state index contributed by atoms with van der Waals surface area (Å²) in [6.45, 7) is 1.99. The first-order valence-electron chi connectivity index (χ1n) is 6.90. The maximum Gasteiger partial charge on any atom is 0.131 e. The highest BCUT2D eigenvalue weighted by atomic mass is 16.5. The van der Waals surface area contributed by atoms with E-state index in [-0.39, 0.29) is 0 Å². The third-order valence-electron chi connectivity index (χ3n) is 3.34. The van der Waals surface area contributed by atoms with Gasteiger partial charge in [-0.3, -0.25) is 0 Å². The lowest BCUT2D eigenvalue weighted by Gasteiger charge is -2.09. The van der Waals surface area contributed by atoms with Crippen molar-refractivity contribution in [2.45, 2.75) is 13.0 Å². The summed E-state index contributed by atoms with van der Waals surface area (Å²) in [7, 11) is 3.36. The van der Waals surface area contributed by atoms with Crippen molar-refractivity contribution in [3.05, 3.63) is 59.7 Å². The van der Waals surface area contributed by atoms with Crippen LogP contribution in [0.3, 0.4) is 0 Å². The van der Waals surface area contributed by atoms with Crippen LogP contribution in [-0.4, -0.2) is 20.8 Å². The third kappa shape index (κ3) is 4.00. The fraction of sp³-hybridized carbons (Fsp3) is 0.294. The van der Waals surface area contributed by atoms with Gasteiger partial charge in [-0.25, -0.2) is 0 Å². The minimum atomic E-state index is 0.829. The van der Waals surface area contributed by atoms with Gasteiger partial charge in [-0.1, -0.05) is 30.3 Å². The fourth-order valence-electron chi connectivity index (χ4n) is 2.19. The van der Waals surface area contributed by atoms with Crippen LogP contribution in [0.5, 0.6) is 11.5 Å². The SMILES string of the molecule is COc1ccc(C[NH2+]CCc2ccccc2)c(OC)c1. The summed E-state index contributed by atoms with van der Waals surface area (Å²) in [5.41, 5.74) is 2.58. The number of ether oxygens (including phenoxy) is 2. The Morgan fingerprint density at radius 2 is 1.75 bits per heavy atom. The van der Waals surface area contributed by atoms with Crippen molar-refractivity contribution in [2.24, 2.45) is 0 Å². The summed E-state index contributed by atoms with van der Waals surface area (Å²) < 4.78 is 10.6. The lowest BCUT2D eigenvalue weighted by atomic mass is 10.1. The van der Waals surface area contributed by atoms with Gasteiger partial charge in [-0.05, 0) is 17.7 Å². The predicted molar refractivity (Wildman–Crippen MR) is 80.2 cm³/mol. The second kappa shape index (κ2) is 7.56. The maximum absolute atomic E-state index is 5.40. The molecule has 20 heavy (non-hydrogen) atoms. The van der Waals surface area contributed by atoms with E-state index in [1.165, 1.54) is 11.1 Å². The third-order valence-corrected chi connectivity index (χ3v) is 3.34. The van der Waals surface area contributed by atoms with Gasteiger partial charge in [0.1, 0.15) is 18.0 Å². The molecule has 0 spiro atoms. The Kier molecular flexibility index (Phi) is 5.44. The topological polar surface area (TPSA) is 35.1 Å². The summed E-state index contributed by atoms with van der Waals surface area (Å²) in [5, 5.41) is 2.30. The molecule has 0 unspecified atom stereocenters. The molecule has 0 aliphatic heterocycles. The number of rotatable bonds is 7. The molecule has 0 aliphatic carbocycles. The number of quaternary nitrogens is 1. The minimum Gasteiger partial charge on any atom is -0.497 e. The molecule has 0 atom stereocenters. The van der Waals surface area contributed by atoms with Gasteiger partial charge in [0.15, 0.2) is 0 Å². The van der Waals surface area contributed by atoms with Crippen LogP contribution in [-0.2, 0) is 13.0 Å². The smallest absolute Gasteiger partial charge is 0.131 e. The largest absolute Gasteiger partial charge is 0.497 e. The van der Waals surface area contributed by atoms with E-state index in [0.29, 0.717) is 0 Å². The van der Waals surface area contributed by atoms with Gasteiger partial charge in [-0.15, -0.1) is 0 Å². The minimum absolute atomic E-state index is 0.829. The van der Waals surface area contributed by atoms with E-state index in [9.17, 15) is 0 Å². The molecule has 0 aromatic heterocycles. The summed E-state index contributed by atoms with van der Waals surface area (Å²) in [4.78, 5) is 0. The molecule has 106 valence electrons. The second-order valence-corrected chi connectivity index (χ2v) is 4.69. The summed E-state index contributed by atoms with van der Waals surface area (Å²) in [5.74, 6) is 1.72. The Balaban J connectivity index is 1.85. The van der Waals surface area contributed by atoms with Crippen LogP contribution in [0.1, 0.15) is 11.1 Å². The van der Waals surface area contributed by atoms with Crippen LogP contribution in [0.4, 0.5) is 0 Å². The van der Waals surface area contributed by atoms with Gasteiger partial charge < -0.3 is 14.8 Å². The molecule has 2 aromatic carbocycles. The quantitative estimate of drug-likeness (QED) is 0.783. The first kappa shape index (κ1) is 14.4. The van der Waals surface area contributed by atoms with E-state index < -0.39 is 0 Å². The first-order chi connectivity index (χ1) is 9.83. The summed E-state index contributed by atoms with van der Waals surface area (Å²) >= 11 is 0. The van der Waals surface area contributed by atoms with Crippen LogP contribution >= 0.6 is 0 Å². The number of hydrogen-bond acceptors (Lipinski definition) is 2. The van der Waals surface area contributed by atoms with E-state index in [1.54, 1.807) is 14.2 Å². The molecule has 0 saturated carbocycles. The van der Waals surface area contributed by atoms with Crippen molar-refractivity contribution in [1.29, 1.82) is 0 Å². The van der Waals surface area contributed by atoms with Crippen molar-refractivity contribution in [2.75, 3.05) is 20.8 Å². The average Bonchev–Trinajstić information content (AvgIpc) is 2.52. The maximum atomic E-state index is 5.40. The van der Waals surface area contributed by atoms with Crippen LogP contribution in [0, 0.1) is 0 Å². The number of hydrogen-bond donors (Lipinski definition) is 1. The molecule has 2 aromatic rings. The zero-order chi connectivity index (χ0) is 14.2. The Morgan fingerprint density at radius 3 is 2.45 bits per heavy atom. The lowest BCUT2D eigenvalue weighted by molar-refractivity contribution is -0.670. The first-order valence-corrected chi connectivity index (χ1v) is 6.90. The molecule has 0 heterocycles. The molecule has 3 nitrogen and oxygen atoms in total. The molecule has 0 radical (unpaired) electrons. The van der Waals surface area contributed by atoms with Crippen molar-refractivity contribution >= 4 is 0 Å². The van der Waals surface area contributed by atoms with Crippen LogP contribution in [0.2, 0.25) is 0 Å². The average molecular weight is 272 g/mol. The van der Waals surface area contributed by atoms with Gasteiger partial charge >= 0.3 is 0 Å². The second-order valence-electron chi connectivity index (χ2n) is 4.69. The van der Waals surface area contributed by atoms with Crippen molar-refractivity contribution < 1.29 is 14.8 Å². The summed E-state index contributed by atoms with van der Waals surface area (Å²) in [6.07, 6.45) is 1.08. The predicted octanol–water partition coefficient (Wildman–Crippen LogP) is 2.01. The zero-order valence-electron chi connectivity index (χ0n) is 12.1. The molecule has 0 saturated heterocycles. The molecular formula is C17H22NO2+. The number of methoxy groups -OCH3 is 2. The van der Waals surface area contributed by atoms with Crippen molar-refractivity contribution in [1.82, 2.24) is 0 Å². The number of nitrogens with two attached hydrogens (primary N) is 1. The van der Waals surface area contributed by atoms with Crippen molar-refractivity contribution in [3.63, 3.8) is 0 Å². The molecule has 2 N–H and O–H groups in total. The standard InChI is InChI=1S/C17H21NO2/c1-19-16-9-8-15(17(12-16)20-2)13-18-11-10-14-6-4-3-5-7-14/h3-9,12,18H,10-11,13H2,1-2H3/p+1. The highest BCUT2D eigenvalue weighted by Crippen LogP contribution is 2.23. The Labute approximate surface area is 120 Å². The zero-order valence-corrected chi connectivity index (χ0v) is 12.1. The van der Waals surface area contributed by atoms with Gasteiger partial charge in [0.25, 0.3) is 0 Å². The van der Waals surface area contributed by atoms with Crippen LogP contribution < -0.4 is 14.8 Å². The van der Waals surface area contributed by atoms with Gasteiger partial charge in [-0.2, -0.15) is 0 Å². The molecule has 0 amide bonds. The normalized spacial score (nSPS) is 10.3. The monoisotopic (exact) mass is 272 g/mol. The van der Waals surface area contributed by atoms with Gasteiger partial charge in [0.05, 0.1) is 20.8 Å². The number of benzene rings is 2. The molecule has 0 aliphatic rings. The highest BCUT2D eigenvalue weighted by molar-refractivity contribution is 5.40. The Bertz CT molecular complexity index is 526. The molecular weight excluding hydrogens is 250 g/mol. The van der Waals surface area contributed by atoms with Gasteiger partial charge in [0, 0.05) is 18.1 Å². The van der Waals surface area contributed by atoms with Crippen molar-refractivity contribution in [3.8, 4) is 11.5 Å². The van der Waals surface area contributed by atoms with E-state index in [4.69, 9.17) is 9.47 Å². The lowest BCUT2D eigenvalue weighted by Crippen LogP contribution is -2.83. The summed E-state index contributed by atoms with van der Waals surface area (Å²) in [6, 6.07) is 16.5. The molecule has 2 rings (SSSR count). The van der Waals surface area contributed by atoms with E-state index >= 15 is 0 Å². The van der Waals surface area contributed by atoms with Gasteiger partial charge in [0.2, 0.25) is 0 Å². The van der Waals surface area contributed by atoms with Crippen LogP contribution in [0.15, 0.2) is 48.5 Å². The Morgan fingerprint density at radius 1 is 0.950 bits per heavy atom. The Hall–Kier alpha value is -2.00. The molecule has 3 heteroatoms. The molecule has 0 bridgehead atoms. The van der Waals surface area contributed by atoms with E-state index in [0.717, 1.165) is 31.0 Å². The fourth-order valence-corrected chi connectivity index (χ4v) is 2.19. The van der Waals surface area contributed by atoms with Crippen LogP contribution in [0.25, 0.3) is 0 Å². The van der Waals surface area contributed by atoms with E-state index in [2.05, 4.69) is 41.7 Å². The highest BCUT2D eigenvalue weighted by Gasteiger charge is 2.06. The van der Waals surface area contributed by atoms with E-state index in [1.807, 2.05) is 12.1 Å². The molecule has 0 fully saturated rings.